The van der Waals surface area contributed by atoms with Crippen LogP contribution in [-0.4, -0.2) is 5.43 Å². The Labute approximate surface area is 413 Å². The number of hydrogen-bond acceptors (Lipinski definition) is 0. The molecule has 0 radical (unpaired) electrons. The van der Waals surface area contributed by atoms with E-state index in [1.54, 1.807) is 40.0 Å². The molecule has 64 heavy (non-hydrogen) atoms. The summed E-state index contributed by atoms with van der Waals surface area (Å²) in [5.74, 6) is 7.77. The normalized spacial score (nSPS) is 31.7. The Hall–Kier alpha value is -2.22. The molecule has 0 nitrogen and oxygen atoms in total. The third-order valence-electron chi connectivity index (χ3n) is 17.8. The maximum Gasteiger partial charge on any atom is -0.00391 e. The first kappa shape index (κ1) is 46.9. The van der Waals surface area contributed by atoms with E-state index >= 15 is 0 Å². The Morgan fingerprint density at radius 3 is 1.30 bits per heavy atom. The number of benzene rings is 4. The molecule has 0 amide bonds. The smallest absolute Gasteiger partial charge is 0.00391 e. The van der Waals surface area contributed by atoms with Crippen molar-refractivity contribution in [2.75, 3.05) is 0 Å². The fraction of sp³-hybridized carbons (Fsp3) is 0.500. The largest absolute Gasteiger partial charge is 1.00 e. The van der Waals surface area contributed by atoms with Gasteiger partial charge in [0.1, 0.15) is 0 Å². The van der Waals surface area contributed by atoms with Gasteiger partial charge in [-0.2, -0.15) is 12.1 Å². The predicted molar refractivity (Wildman–Crippen MR) is 262 cm³/mol. The fourth-order valence-corrected chi connectivity index (χ4v) is 15.9. The molecule has 334 valence electrons. The van der Waals surface area contributed by atoms with Gasteiger partial charge in [-0.25, -0.2) is 0 Å². The third kappa shape index (κ3) is 9.21. The molecule has 4 heteroatoms. The quantitative estimate of drug-likeness (QED) is 0.119. The molecule has 0 aliphatic heterocycles. The van der Waals surface area contributed by atoms with Crippen molar-refractivity contribution in [3.8, 4) is 22.3 Å². The van der Waals surface area contributed by atoms with E-state index < -0.39 is 0 Å². The van der Waals surface area contributed by atoms with Gasteiger partial charge in [0.05, 0.1) is 0 Å². The molecule has 0 atom stereocenters. The van der Waals surface area contributed by atoms with Gasteiger partial charge in [0.25, 0.3) is 0 Å². The van der Waals surface area contributed by atoms with E-state index in [2.05, 4.69) is 136 Å². The van der Waals surface area contributed by atoms with Crippen LogP contribution in [0.2, 0.25) is 13.1 Å². The van der Waals surface area contributed by atoms with Crippen LogP contribution in [0.15, 0.2) is 109 Å². The molecule has 0 heterocycles. The summed E-state index contributed by atoms with van der Waals surface area (Å²) in [4.78, 5) is 0. The second-order valence-corrected chi connectivity index (χ2v) is 32.3. The average Bonchev–Trinajstić information content (AvgIpc) is 3.86. The monoisotopic (exact) mass is 978 g/mol. The van der Waals surface area contributed by atoms with Crippen molar-refractivity contribution in [1.82, 2.24) is 0 Å². The second-order valence-electron chi connectivity index (χ2n) is 22.9. The minimum Gasteiger partial charge on any atom is -1.00 e. The first-order valence-electron chi connectivity index (χ1n) is 25.2. The maximum atomic E-state index is 2.53. The molecule has 9 saturated carbocycles. The van der Waals surface area contributed by atoms with Gasteiger partial charge < -0.3 is 24.8 Å². The fourth-order valence-electron chi connectivity index (χ4n) is 15.9. The van der Waals surface area contributed by atoms with Gasteiger partial charge in [-0.1, -0.05) is 98.5 Å². The van der Waals surface area contributed by atoms with E-state index in [9.17, 15) is 0 Å². The van der Waals surface area contributed by atoms with Crippen LogP contribution in [-0.2, 0) is 34.2 Å². The van der Waals surface area contributed by atoms with E-state index in [0.29, 0.717) is 10.8 Å². The molecular weight excluding hydrogens is 911 g/mol. The Balaban J connectivity index is 0.000000148. The van der Waals surface area contributed by atoms with E-state index in [-0.39, 0.29) is 30.2 Å². The molecule has 0 unspecified atom stereocenters. The number of rotatable bonds is 5. The summed E-state index contributed by atoms with van der Waals surface area (Å²) in [6.07, 6.45) is 23.4. The van der Waals surface area contributed by atoms with Crippen LogP contribution in [0.5, 0.6) is 0 Å². The zero-order valence-electron chi connectivity index (χ0n) is 39.1. The number of hydrogen-bond donors (Lipinski definition) is 0. The summed E-state index contributed by atoms with van der Waals surface area (Å²) in [6, 6.07) is 42.9. The summed E-state index contributed by atoms with van der Waals surface area (Å²) in [7, 11) is 0. The molecule has 6 aromatic carbocycles. The Kier molecular flexibility index (Phi) is 14.0. The standard InChI is InChI=1S/C32H37.C26H27.C2H6Si.2ClH.Zr/c1-21-5-7-25(8-6-21)28-16-27-3-2-4-30(31(27)17-28)26-9-11-29(12-10-26)32-18-22-13-23(19-32)15-24(14-22)20-32;1-17-9-22-3-2-4-24(25(22)10-17)21-5-7-23(8-6-21)26-14-18-11-19(15-26)13-20(12-18)16-26;1-3-2;;;/h2-4,9-12,16-17,21-25H,5-8,13-15,18-20H2,1H3;2-10,18-20H,11-16H2,1H3;1-2H3;2*1H;/q2*-1;;;;+2/p-2. The first-order chi connectivity index (χ1) is 30.1. The zero-order chi connectivity index (χ0) is 42.2. The Morgan fingerprint density at radius 1 is 0.516 bits per heavy atom. The van der Waals surface area contributed by atoms with Gasteiger partial charge in [0, 0.05) is 0 Å². The third-order valence-corrected chi connectivity index (χ3v) is 17.8. The van der Waals surface area contributed by atoms with E-state index in [4.69, 9.17) is 0 Å². The van der Waals surface area contributed by atoms with Crippen LogP contribution in [0.4, 0.5) is 0 Å². The molecule has 6 aromatic rings. The van der Waals surface area contributed by atoms with Crippen LogP contribution in [0.25, 0.3) is 43.8 Å². The van der Waals surface area contributed by atoms with Crippen molar-refractivity contribution >= 4 is 27.0 Å². The van der Waals surface area contributed by atoms with E-state index in [1.807, 2.05) is 0 Å². The van der Waals surface area contributed by atoms with Gasteiger partial charge in [0.2, 0.25) is 0 Å². The van der Waals surface area contributed by atoms with Crippen molar-refractivity contribution in [2.45, 2.75) is 146 Å². The van der Waals surface area contributed by atoms with E-state index in [0.717, 1.165) is 47.3 Å². The summed E-state index contributed by atoms with van der Waals surface area (Å²) in [5.41, 5.74) is 13.0. The van der Waals surface area contributed by atoms with E-state index in [1.165, 1.54) is 152 Å². The second kappa shape index (κ2) is 19.0. The number of halogens is 2. The van der Waals surface area contributed by atoms with Crippen LogP contribution < -0.4 is 24.8 Å². The molecule has 0 aromatic heterocycles. The Morgan fingerprint density at radius 2 is 0.891 bits per heavy atom. The van der Waals surface area contributed by atoms with Crippen LogP contribution in [0, 0.1) is 48.3 Å². The van der Waals surface area contributed by atoms with Crippen molar-refractivity contribution in [3.63, 3.8) is 0 Å². The average molecular weight is 981 g/mol. The molecular formula is C60H70Cl2SiZr-2. The predicted octanol–water partition coefficient (Wildman–Crippen LogP) is 10.8. The van der Waals surface area contributed by atoms with Crippen molar-refractivity contribution in [2.24, 2.45) is 41.4 Å². The number of fused-ring (bicyclic) bond motifs is 2. The number of aryl methyl sites for hydroxylation is 1. The first-order valence-corrected chi connectivity index (χ1v) is 31.3. The molecule has 9 fully saturated rings. The van der Waals surface area contributed by atoms with Gasteiger partial charge in [-0.3, -0.25) is 0 Å². The molecule has 0 spiro atoms. The molecule has 9 aliphatic carbocycles. The molecule has 0 saturated heterocycles. The van der Waals surface area contributed by atoms with Gasteiger partial charge in [0.15, 0.2) is 0 Å². The van der Waals surface area contributed by atoms with Crippen molar-refractivity contribution < 1.29 is 48.1 Å². The summed E-state index contributed by atoms with van der Waals surface area (Å²) in [6.45, 7) is 9.23. The van der Waals surface area contributed by atoms with Crippen molar-refractivity contribution in [3.05, 3.63) is 131 Å². The molecule has 9 aliphatic rings. The molecule has 0 N–H and O–H groups in total. The minimum absolute atomic E-state index is 0. The summed E-state index contributed by atoms with van der Waals surface area (Å²) in [5, 5.41) is 5.66. The molecule has 15 rings (SSSR count). The maximum absolute atomic E-state index is 2.53. The van der Waals surface area contributed by atoms with Crippen LogP contribution >= 0.6 is 0 Å². The van der Waals surface area contributed by atoms with Gasteiger partial charge >= 0.3 is 41.9 Å². The molecule has 8 bridgehead atoms. The van der Waals surface area contributed by atoms with Crippen LogP contribution in [0.3, 0.4) is 0 Å². The minimum atomic E-state index is 0. The topological polar surface area (TPSA) is 0 Å². The van der Waals surface area contributed by atoms with Gasteiger partial charge in [-0.15, -0.1) is 69.1 Å². The zero-order valence-corrected chi connectivity index (χ0v) is 44.1. The summed E-state index contributed by atoms with van der Waals surface area (Å²) >= 11 is 1.74. The summed E-state index contributed by atoms with van der Waals surface area (Å²) < 4.78 is 0. The van der Waals surface area contributed by atoms with Gasteiger partial charge in [-0.05, 0) is 170 Å². The Bertz CT molecular complexity index is 2490. The van der Waals surface area contributed by atoms with Crippen molar-refractivity contribution in [1.29, 1.82) is 0 Å². The van der Waals surface area contributed by atoms with Crippen LogP contribution in [0.1, 0.15) is 138 Å². The SMILES string of the molecule is CC1CCC(c2cc3c(-c4ccc(C56CC7CC(CC(C7)C5)C6)cc4)cccc3[cH-]2)CC1.C[Si](C)=[Zr+2].Cc1cc2c(-c3ccc(C45CC6CC(CC(C6)C4)C5)cc3)cccc2[cH-]1.[Cl-].[Cl-].